The van der Waals surface area contributed by atoms with Gasteiger partial charge in [-0.1, -0.05) is 19.9 Å². The molecule has 0 spiro atoms. The van der Waals surface area contributed by atoms with Crippen molar-refractivity contribution in [1.29, 1.82) is 0 Å². The molecule has 1 unspecified atom stereocenters. The summed E-state index contributed by atoms with van der Waals surface area (Å²) < 4.78 is 27.7. The molecule has 0 amide bonds. The van der Waals surface area contributed by atoms with E-state index in [-0.39, 0.29) is 11.5 Å². The van der Waals surface area contributed by atoms with Crippen LogP contribution in [0.4, 0.5) is 0 Å². The summed E-state index contributed by atoms with van der Waals surface area (Å²) in [5.41, 5.74) is 5.87. The lowest BCUT2D eigenvalue weighted by molar-refractivity contribution is 0.155. The minimum Gasteiger partial charge on any atom is -0.327 e. The molecule has 0 saturated carbocycles. The van der Waals surface area contributed by atoms with Crippen LogP contribution in [0.3, 0.4) is 0 Å². The van der Waals surface area contributed by atoms with Gasteiger partial charge in [-0.15, -0.1) is 0 Å². The first-order valence-corrected chi connectivity index (χ1v) is 8.77. The molecule has 1 heterocycles. The quantitative estimate of drug-likeness (QED) is 0.781. The lowest BCUT2D eigenvalue weighted by Crippen LogP contribution is -2.53. The van der Waals surface area contributed by atoms with Gasteiger partial charge in [0.05, 0.1) is 4.90 Å². The molecule has 1 aromatic carbocycles. The molecule has 0 bridgehead atoms. The number of hydrogen-bond donors (Lipinski definition) is 1. The van der Waals surface area contributed by atoms with Gasteiger partial charge >= 0.3 is 0 Å². The van der Waals surface area contributed by atoms with E-state index in [1.165, 1.54) is 0 Å². The van der Waals surface area contributed by atoms with E-state index in [1.807, 2.05) is 19.9 Å². The van der Waals surface area contributed by atoms with Crippen LogP contribution in [0.25, 0.3) is 0 Å². The first-order valence-electron chi connectivity index (χ1n) is 6.25. The molecule has 0 radical (unpaired) electrons. The molecule has 0 aliphatic carbocycles. The van der Waals surface area contributed by atoms with Crippen molar-refractivity contribution in [1.82, 2.24) is 4.31 Å². The van der Waals surface area contributed by atoms with Crippen LogP contribution in [-0.2, 0) is 10.0 Å². The Balaban J connectivity index is 2.31. The van der Waals surface area contributed by atoms with Crippen LogP contribution in [-0.4, -0.2) is 31.9 Å². The van der Waals surface area contributed by atoms with Gasteiger partial charge in [0.2, 0.25) is 10.0 Å². The minimum atomic E-state index is -3.41. The van der Waals surface area contributed by atoms with E-state index in [2.05, 4.69) is 22.6 Å². The second kappa shape index (κ2) is 5.31. The van der Waals surface area contributed by atoms with E-state index >= 15 is 0 Å². The van der Waals surface area contributed by atoms with Crippen LogP contribution in [0, 0.1) is 8.99 Å². The fourth-order valence-electron chi connectivity index (χ4n) is 2.31. The standard InChI is InChI=1S/C13H19IN2O2S/c1-13(2)9-16(7-6-12(13)15)19(17,18)11-5-3-4-10(14)8-11/h3-5,8,12H,6-7,9,15H2,1-2H3. The van der Waals surface area contributed by atoms with Gasteiger partial charge in [0.25, 0.3) is 0 Å². The highest BCUT2D eigenvalue weighted by atomic mass is 127. The molecule has 1 saturated heterocycles. The number of hydrogen-bond acceptors (Lipinski definition) is 3. The number of benzene rings is 1. The first-order chi connectivity index (χ1) is 8.73. The highest BCUT2D eigenvalue weighted by Gasteiger charge is 2.38. The normalized spacial score (nSPS) is 24.3. The van der Waals surface area contributed by atoms with Gasteiger partial charge in [0.15, 0.2) is 0 Å². The van der Waals surface area contributed by atoms with E-state index < -0.39 is 10.0 Å². The van der Waals surface area contributed by atoms with Crippen LogP contribution in [0.5, 0.6) is 0 Å². The Bertz CT molecular complexity index is 572. The van der Waals surface area contributed by atoms with Gasteiger partial charge in [0.1, 0.15) is 0 Å². The predicted octanol–water partition coefficient (Wildman–Crippen LogP) is 2.04. The van der Waals surface area contributed by atoms with Crippen molar-refractivity contribution < 1.29 is 8.42 Å². The second-order valence-corrected chi connectivity index (χ2v) is 8.86. The van der Waals surface area contributed by atoms with Crippen molar-refractivity contribution in [3.8, 4) is 0 Å². The van der Waals surface area contributed by atoms with Crippen LogP contribution < -0.4 is 5.73 Å². The SMILES string of the molecule is CC1(C)CN(S(=O)(=O)c2cccc(I)c2)CCC1N. The number of halogens is 1. The maximum Gasteiger partial charge on any atom is 0.243 e. The van der Waals surface area contributed by atoms with Crippen LogP contribution in [0.2, 0.25) is 0 Å². The van der Waals surface area contributed by atoms with Gasteiger partial charge in [-0.2, -0.15) is 4.31 Å². The Labute approximate surface area is 128 Å². The molecule has 1 aliphatic heterocycles. The summed E-state index contributed by atoms with van der Waals surface area (Å²) in [6.45, 7) is 5.02. The highest BCUT2D eigenvalue weighted by Crippen LogP contribution is 2.31. The van der Waals surface area contributed by atoms with Crippen LogP contribution in [0.1, 0.15) is 20.3 Å². The molecule has 1 fully saturated rings. The molecule has 2 rings (SSSR count). The number of nitrogens with zero attached hydrogens (tertiary/aromatic N) is 1. The van der Waals surface area contributed by atoms with Crippen LogP contribution in [0.15, 0.2) is 29.2 Å². The summed E-state index contributed by atoms with van der Waals surface area (Å²) in [5.74, 6) is 0. The molecule has 4 nitrogen and oxygen atoms in total. The summed E-state index contributed by atoms with van der Waals surface area (Å²) in [6.07, 6.45) is 0.705. The smallest absolute Gasteiger partial charge is 0.243 e. The summed E-state index contributed by atoms with van der Waals surface area (Å²) in [4.78, 5) is 0.366. The van der Waals surface area contributed by atoms with Crippen molar-refractivity contribution in [3.05, 3.63) is 27.8 Å². The van der Waals surface area contributed by atoms with Crippen molar-refractivity contribution in [2.45, 2.75) is 31.2 Å². The Morgan fingerprint density at radius 2 is 2.11 bits per heavy atom. The summed E-state index contributed by atoms with van der Waals surface area (Å²) >= 11 is 2.12. The lowest BCUT2D eigenvalue weighted by atomic mass is 9.81. The van der Waals surface area contributed by atoms with Gasteiger partial charge in [-0.05, 0) is 52.6 Å². The van der Waals surface area contributed by atoms with Crippen LogP contribution >= 0.6 is 22.6 Å². The molecule has 106 valence electrons. The molecule has 19 heavy (non-hydrogen) atoms. The summed E-state index contributed by atoms with van der Waals surface area (Å²) in [6, 6.07) is 7.07. The zero-order chi connectivity index (χ0) is 14.3. The molecule has 6 heteroatoms. The highest BCUT2D eigenvalue weighted by molar-refractivity contribution is 14.1. The topological polar surface area (TPSA) is 63.4 Å². The van der Waals surface area contributed by atoms with Crippen molar-refractivity contribution >= 4 is 32.6 Å². The Hall–Kier alpha value is -0.180. The third-order valence-corrected chi connectivity index (χ3v) is 6.22. The van der Waals surface area contributed by atoms with Gasteiger partial charge < -0.3 is 5.73 Å². The van der Waals surface area contributed by atoms with Gasteiger partial charge in [-0.3, -0.25) is 0 Å². The lowest BCUT2D eigenvalue weighted by Gasteiger charge is -2.41. The number of rotatable bonds is 2. The van der Waals surface area contributed by atoms with Crippen molar-refractivity contribution in [2.75, 3.05) is 13.1 Å². The number of sulfonamides is 1. The second-order valence-electron chi connectivity index (χ2n) is 5.68. The zero-order valence-electron chi connectivity index (χ0n) is 11.1. The maximum absolute atomic E-state index is 12.6. The third-order valence-electron chi connectivity index (χ3n) is 3.71. The van der Waals surface area contributed by atoms with Crippen molar-refractivity contribution in [3.63, 3.8) is 0 Å². The molecule has 0 aromatic heterocycles. The molecular weight excluding hydrogens is 375 g/mol. The van der Waals surface area contributed by atoms with Gasteiger partial charge in [-0.25, -0.2) is 8.42 Å². The average Bonchev–Trinajstić information content (AvgIpc) is 2.32. The van der Waals surface area contributed by atoms with E-state index in [4.69, 9.17) is 5.73 Å². The largest absolute Gasteiger partial charge is 0.327 e. The summed E-state index contributed by atoms with van der Waals surface area (Å²) in [5, 5.41) is 0. The number of nitrogens with two attached hydrogens (primary N) is 1. The minimum absolute atomic E-state index is 0.0508. The maximum atomic E-state index is 12.6. The Kier molecular flexibility index (Phi) is 4.25. The number of piperidine rings is 1. The summed E-state index contributed by atoms with van der Waals surface area (Å²) in [7, 11) is -3.41. The van der Waals surface area contributed by atoms with E-state index in [0.717, 1.165) is 3.57 Å². The van der Waals surface area contributed by atoms with Gasteiger partial charge in [0, 0.05) is 22.7 Å². The monoisotopic (exact) mass is 394 g/mol. The Morgan fingerprint density at radius 3 is 2.68 bits per heavy atom. The fraction of sp³-hybridized carbons (Fsp3) is 0.538. The first kappa shape index (κ1) is 15.2. The molecule has 1 aliphatic rings. The molecule has 1 atom stereocenters. The van der Waals surface area contributed by atoms with E-state index in [0.29, 0.717) is 24.4 Å². The molecular formula is C13H19IN2O2S. The molecule has 2 N–H and O–H groups in total. The van der Waals surface area contributed by atoms with Crippen molar-refractivity contribution in [2.24, 2.45) is 11.1 Å². The Morgan fingerprint density at radius 1 is 1.42 bits per heavy atom. The van der Waals surface area contributed by atoms with E-state index in [9.17, 15) is 8.42 Å². The predicted molar refractivity (Wildman–Crippen MR) is 84.3 cm³/mol. The van der Waals surface area contributed by atoms with E-state index in [1.54, 1.807) is 22.5 Å². The zero-order valence-corrected chi connectivity index (χ0v) is 14.1. The molecule has 1 aromatic rings. The average molecular weight is 394 g/mol. The third kappa shape index (κ3) is 3.12. The fourth-order valence-corrected chi connectivity index (χ4v) is 4.73.